The molecule has 0 atom stereocenters. The lowest BCUT2D eigenvalue weighted by Gasteiger charge is -2.09. The van der Waals surface area contributed by atoms with E-state index in [2.05, 4.69) is 5.32 Å². The van der Waals surface area contributed by atoms with Crippen LogP contribution >= 0.6 is 0 Å². The van der Waals surface area contributed by atoms with E-state index in [1.807, 2.05) is 26.0 Å². The molecule has 0 unspecified atom stereocenters. The number of hydrogen-bond acceptors (Lipinski definition) is 4. The number of carbonyl (C=O) groups excluding carboxylic acids is 1. The topological polar surface area (TPSA) is 58.6 Å². The summed E-state index contributed by atoms with van der Waals surface area (Å²) in [6.45, 7) is 4.92. The van der Waals surface area contributed by atoms with Crippen LogP contribution in [0.1, 0.15) is 29.8 Å². The van der Waals surface area contributed by atoms with Crippen LogP contribution in [0.25, 0.3) is 0 Å². The highest BCUT2D eigenvalue weighted by Crippen LogP contribution is 2.08. The first-order chi connectivity index (χ1) is 8.13. The number of ether oxygens (including phenoxy) is 1. The van der Waals surface area contributed by atoms with Crippen molar-refractivity contribution in [3.8, 4) is 0 Å². The highest BCUT2D eigenvalue weighted by atomic mass is 16.5. The van der Waals surface area contributed by atoms with Crippen molar-refractivity contribution in [1.29, 1.82) is 0 Å². The van der Waals surface area contributed by atoms with Gasteiger partial charge in [-0.1, -0.05) is 12.1 Å². The molecular formula is C13H19NO3. The summed E-state index contributed by atoms with van der Waals surface area (Å²) in [4.78, 5) is 11.7. The fourth-order valence-electron chi connectivity index (χ4n) is 1.40. The molecule has 0 aliphatic carbocycles. The molecule has 0 radical (unpaired) electrons. The fourth-order valence-corrected chi connectivity index (χ4v) is 1.40. The van der Waals surface area contributed by atoms with Gasteiger partial charge in [0.05, 0.1) is 18.3 Å². The standard InChI is InChI=1S/C13H19NO3/c1-10(2)17-13(16)12-5-3-4-11(8-12)9-14-6-7-15/h3-5,8,10,14-15H,6-7,9H2,1-2H3. The van der Waals surface area contributed by atoms with Crippen molar-refractivity contribution < 1.29 is 14.6 Å². The number of carbonyl (C=O) groups is 1. The van der Waals surface area contributed by atoms with Gasteiger partial charge in [0.25, 0.3) is 0 Å². The summed E-state index contributed by atoms with van der Waals surface area (Å²) in [6.07, 6.45) is -0.112. The Bertz CT molecular complexity index is 363. The zero-order valence-electron chi connectivity index (χ0n) is 10.3. The molecule has 0 saturated carbocycles. The van der Waals surface area contributed by atoms with Gasteiger partial charge in [-0.15, -0.1) is 0 Å². The van der Waals surface area contributed by atoms with Crippen LogP contribution in [0.5, 0.6) is 0 Å². The molecule has 0 spiro atoms. The Kier molecular flexibility index (Phi) is 5.66. The molecule has 2 N–H and O–H groups in total. The number of benzene rings is 1. The van der Waals surface area contributed by atoms with Gasteiger partial charge in [-0.25, -0.2) is 4.79 Å². The van der Waals surface area contributed by atoms with Gasteiger partial charge >= 0.3 is 5.97 Å². The van der Waals surface area contributed by atoms with Crippen molar-refractivity contribution in [2.45, 2.75) is 26.5 Å². The second kappa shape index (κ2) is 7.04. The Morgan fingerprint density at radius 1 is 1.47 bits per heavy atom. The number of aliphatic hydroxyl groups is 1. The average Bonchev–Trinajstić information content (AvgIpc) is 2.29. The quantitative estimate of drug-likeness (QED) is 0.579. The second-order valence-corrected chi connectivity index (χ2v) is 4.05. The van der Waals surface area contributed by atoms with Crippen LogP contribution in [0.15, 0.2) is 24.3 Å². The summed E-state index contributed by atoms with van der Waals surface area (Å²) in [7, 11) is 0. The number of rotatable bonds is 6. The average molecular weight is 237 g/mol. The normalized spacial score (nSPS) is 10.6. The zero-order chi connectivity index (χ0) is 12.7. The van der Waals surface area contributed by atoms with E-state index in [1.165, 1.54) is 0 Å². The van der Waals surface area contributed by atoms with Crippen molar-refractivity contribution in [3.63, 3.8) is 0 Å². The molecule has 0 saturated heterocycles. The van der Waals surface area contributed by atoms with Crippen LogP contribution in [0, 0.1) is 0 Å². The third kappa shape index (κ3) is 4.97. The number of nitrogens with one attached hydrogen (secondary N) is 1. The predicted octanol–water partition coefficient (Wildman–Crippen LogP) is 1.33. The van der Waals surface area contributed by atoms with Crippen LogP contribution in [0.3, 0.4) is 0 Å². The van der Waals surface area contributed by atoms with Crippen LogP contribution in [-0.4, -0.2) is 30.3 Å². The van der Waals surface area contributed by atoms with Gasteiger partial charge in [-0.2, -0.15) is 0 Å². The van der Waals surface area contributed by atoms with E-state index in [1.54, 1.807) is 12.1 Å². The smallest absolute Gasteiger partial charge is 0.338 e. The first-order valence-corrected chi connectivity index (χ1v) is 5.75. The van der Waals surface area contributed by atoms with Crippen molar-refractivity contribution in [3.05, 3.63) is 35.4 Å². The summed E-state index contributed by atoms with van der Waals surface area (Å²) in [5, 5.41) is 11.7. The SMILES string of the molecule is CC(C)OC(=O)c1cccc(CNCCO)c1. The van der Waals surface area contributed by atoms with Gasteiger partial charge in [0, 0.05) is 13.1 Å². The second-order valence-electron chi connectivity index (χ2n) is 4.05. The van der Waals surface area contributed by atoms with E-state index in [4.69, 9.17) is 9.84 Å². The highest BCUT2D eigenvalue weighted by molar-refractivity contribution is 5.89. The lowest BCUT2D eigenvalue weighted by atomic mass is 10.1. The van der Waals surface area contributed by atoms with E-state index in [0.717, 1.165) is 5.56 Å². The Balaban J connectivity index is 2.61. The lowest BCUT2D eigenvalue weighted by Crippen LogP contribution is -2.18. The zero-order valence-corrected chi connectivity index (χ0v) is 10.3. The first-order valence-electron chi connectivity index (χ1n) is 5.75. The van der Waals surface area contributed by atoms with Crippen molar-refractivity contribution >= 4 is 5.97 Å². The highest BCUT2D eigenvalue weighted by Gasteiger charge is 2.09. The molecule has 1 rings (SSSR count). The van der Waals surface area contributed by atoms with Crippen LogP contribution in [-0.2, 0) is 11.3 Å². The molecule has 4 nitrogen and oxygen atoms in total. The Morgan fingerprint density at radius 3 is 2.88 bits per heavy atom. The molecule has 17 heavy (non-hydrogen) atoms. The molecule has 0 heterocycles. The van der Waals surface area contributed by atoms with E-state index < -0.39 is 0 Å². The van der Waals surface area contributed by atoms with E-state index >= 15 is 0 Å². The molecular weight excluding hydrogens is 218 g/mol. The van der Waals surface area contributed by atoms with Gasteiger partial charge in [0.2, 0.25) is 0 Å². The van der Waals surface area contributed by atoms with Crippen molar-refractivity contribution in [2.75, 3.05) is 13.2 Å². The molecule has 0 bridgehead atoms. The van der Waals surface area contributed by atoms with E-state index in [0.29, 0.717) is 18.7 Å². The van der Waals surface area contributed by atoms with Gasteiger partial charge in [0.15, 0.2) is 0 Å². The van der Waals surface area contributed by atoms with Crippen molar-refractivity contribution in [1.82, 2.24) is 5.32 Å². The molecule has 1 aromatic carbocycles. The lowest BCUT2D eigenvalue weighted by molar-refractivity contribution is 0.0378. The molecule has 94 valence electrons. The van der Waals surface area contributed by atoms with Gasteiger partial charge in [-0.05, 0) is 31.5 Å². The van der Waals surface area contributed by atoms with Crippen LogP contribution in [0.4, 0.5) is 0 Å². The first kappa shape index (κ1) is 13.7. The molecule has 0 amide bonds. The minimum atomic E-state index is -0.302. The molecule has 0 aliphatic rings. The third-order valence-electron chi connectivity index (χ3n) is 2.12. The van der Waals surface area contributed by atoms with Crippen LogP contribution < -0.4 is 5.32 Å². The minimum Gasteiger partial charge on any atom is -0.459 e. The maximum Gasteiger partial charge on any atom is 0.338 e. The summed E-state index contributed by atoms with van der Waals surface area (Å²) in [5.41, 5.74) is 1.55. The summed E-state index contributed by atoms with van der Waals surface area (Å²) in [6, 6.07) is 7.29. The predicted molar refractivity (Wildman–Crippen MR) is 65.8 cm³/mol. The Labute approximate surface area is 102 Å². The number of aliphatic hydroxyl groups excluding tert-OH is 1. The Morgan fingerprint density at radius 2 is 2.24 bits per heavy atom. The largest absolute Gasteiger partial charge is 0.459 e. The maximum absolute atomic E-state index is 11.7. The summed E-state index contributed by atoms with van der Waals surface area (Å²) < 4.78 is 5.12. The number of hydrogen-bond donors (Lipinski definition) is 2. The molecule has 0 aliphatic heterocycles. The Hall–Kier alpha value is -1.39. The molecule has 0 aromatic heterocycles. The minimum absolute atomic E-state index is 0.106. The summed E-state index contributed by atoms with van der Waals surface area (Å²) >= 11 is 0. The third-order valence-corrected chi connectivity index (χ3v) is 2.12. The summed E-state index contributed by atoms with van der Waals surface area (Å²) in [5.74, 6) is -0.302. The van der Waals surface area contributed by atoms with Crippen LogP contribution in [0.2, 0.25) is 0 Å². The van der Waals surface area contributed by atoms with E-state index in [9.17, 15) is 4.79 Å². The monoisotopic (exact) mass is 237 g/mol. The van der Waals surface area contributed by atoms with Gasteiger partial charge in [0.1, 0.15) is 0 Å². The van der Waals surface area contributed by atoms with Crippen molar-refractivity contribution in [2.24, 2.45) is 0 Å². The fraction of sp³-hybridized carbons (Fsp3) is 0.462. The van der Waals surface area contributed by atoms with Gasteiger partial charge < -0.3 is 15.2 Å². The molecule has 1 aromatic rings. The van der Waals surface area contributed by atoms with Gasteiger partial charge in [-0.3, -0.25) is 0 Å². The maximum atomic E-state index is 11.7. The number of esters is 1. The molecule has 0 fully saturated rings. The molecule has 4 heteroatoms. The van der Waals surface area contributed by atoms with E-state index in [-0.39, 0.29) is 18.7 Å².